The third-order valence-corrected chi connectivity index (χ3v) is 8.76. The van der Waals surface area contributed by atoms with Gasteiger partial charge in [-0.1, -0.05) is 17.7 Å². The summed E-state index contributed by atoms with van der Waals surface area (Å²) < 4.78 is 71.4. The Morgan fingerprint density at radius 3 is 2.47 bits per heavy atom. The van der Waals surface area contributed by atoms with Crippen molar-refractivity contribution >= 4 is 38.9 Å². The number of halogens is 3. The number of fused-ring (bicyclic) bond motifs is 1. The molecule has 13 heteroatoms. The smallest absolute Gasteiger partial charge is 0.372 e. The van der Waals surface area contributed by atoms with Crippen molar-refractivity contribution in [1.29, 1.82) is 0 Å². The first-order chi connectivity index (χ1) is 15.9. The third-order valence-electron chi connectivity index (χ3n) is 4.87. The van der Waals surface area contributed by atoms with Crippen molar-refractivity contribution in [2.45, 2.75) is 48.9 Å². The highest BCUT2D eigenvalue weighted by Gasteiger charge is 2.28. The van der Waals surface area contributed by atoms with Crippen LogP contribution >= 0.6 is 23.1 Å². The average molecular weight is 536 g/mol. The van der Waals surface area contributed by atoms with Crippen LogP contribution in [-0.4, -0.2) is 43.1 Å². The van der Waals surface area contributed by atoms with Crippen molar-refractivity contribution in [2.24, 2.45) is 0 Å². The summed E-state index contributed by atoms with van der Waals surface area (Å²) in [5, 5.41) is 0. The summed E-state index contributed by atoms with van der Waals surface area (Å²) in [5.41, 5.74) is 1.34. The zero-order chi connectivity index (χ0) is 25.1. The number of hydrogen-bond acceptors (Lipinski definition) is 7. The maximum absolute atomic E-state index is 12.9. The van der Waals surface area contributed by atoms with E-state index in [4.69, 9.17) is 0 Å². The van der Waals surface area contributed by atoms with E-state index >= 15 is 0 Å². The summed E-state index contributed by atoms with van der Waals surface area (Å²) >= 11 is 2.80. The van der Waals surface area contributed by atoms with E-state index in [0.29, 0.717) is 34.2 Å². The second-order valence-electron chi connectivity index (χ2n) is 7.60. The van der Waals surface area contributed by atoms with Gasteiger partial charge in [-0.3, -0.25) is 9.29 Å². The molecule has 0 atom stereocenters. The van der Waals surface area contributed by atoms with Gasteiger partial charge in [0, 0.05) is 17.2 Å². The van der Waals surface area contributed by atoms with Crippen LogP contribution in [0.25, 0.3) is 5.69 Å². The monoisotopic (exact) mass is 535 g/mol. The van der Waals surface area contributed by atoms with Crippen molar-refractivity contribution in [1.82, 2.24) is 9.55 Å². The topological polar surface area (TPSA) is 90.3 Å². The number of thioether (sulfide) groups is 1. The number of alkyl halides is 3. The fourth-order valence-corrected chi connectivity index (χ4v) is 6.58. The molecule has 7 nitrogen and oxygen atoms in total. The highest BCUT2D eigenvalue weighted by Crippen LogP contribution is 2.38. The summed E-state index contributed by atoms with van der Waals surface area (Å²) in [7, 11) is -3.97. The molecule has 0 unspecified atom stereocenters. The minimum atomic E-state index is -4.35. The van der Waals surface area contributed by atoms with E-state index in [9.17, 15) is 26.4 Å². The first kappa shape index (κ1) is 26.5. The second-order valence-corrected chi connectivity index (χ2v) is 11.9. The van der Waals surface area contributed by atoms with Gasteiger partial charge in [-0.25, -0.2) is 13.2 Å². The van der Waals surface area contributed by atoms with Gasteiger partial charge in [0.05, 0.1) is 9.10 Å². The molecule has 1 aromatic rings. The van der Waals surface area contributed by atoms with E-state index in [2.05, 4.69) is 14.4 Å². The molecule has 3 rings (SSSR count). The van der Waals surface area contributed by atoms with Gasteiger partial charge in [-0.15, -0.1) is 23.1 Å². The van der Waals surface area contributed by atoms with Crippen LogP contribution in [0.5, 0.6) is 0 Å². The number of aryl methyl sites for hydroxylation is 2. The minimum absolute atomic E-state index is 0.00910. The number of unbranched alkanes of at least 4 members (excludes halogenated alkanes) is 1. The van der Waals surface area contributed by atoms with Gasteiger partial charge in [0.15, 0.2) is 5.82 Å². The summed E-state index contributed by atoms with van der Waals surface area (Å²) in [6.45, 7) is 4.17. The summed E-state index contributed by atoms with van der Waals surface area (Å²) in [6, 6.07) is 6.30. The molecule has 0 amide bonds. The van der Waals surface area contributed by atoms with Crippen LogP contribution in [0.2, 0.25) is 0 Å². The molecule has 1 N–H and O–H groups in total. The zero-order valence-electron chi connectivity index (χ0n) is 18.7. The quantitative estimate of drug-likeness (QED) is 0.293. The lowest BCUT2D eigenvalue weighted by molar-refractivity contribution is -0.174. The van der Waals surface area contributed by atoms with Crippen molar-refractivity contribution in [2.75, 3.05) is 23.7 Å². The first-order valence-corrected chi connectivity index (χ1v) is 13.6. The van der Waals surface area contributed by atoms with E-state index < -0.39 is 28.5 Å². The Hall–Kier alpha value is -2.09. The minimum Gasteiger partial charge on any atom is -0.372 e. The number of ether oxygens (including phenoxy) is 1. The Morgan fingerprint density at radius 2 is 1.82 bits per heavy atom. The number of benzene rings is 1. The number of nitrogens with one attached hydrogen (secondary N) is 1. The molecule has 0 aliphatic carbocycles. The van der Waals surface area contributed by atoms with E-state index in [0.717, 1.165) is 10.4 Å². The lowest BCUT2D eigenvalue weighted by Crippen LogP contribution is -2.17. The van der Waals surface area contributed by atoms with Crippen LogP contribution in [0.3, 0.4) is 0 Å². The number of rotatable bonds is 10. The number of hydrogen-bond donors (Lipinski definition) is 1. The summed E-state index contributed by atoms with van der Waals surface area (Å²) in [5.74, 6) is 0.494. The van der Waals surface area contributed by atoms with Crippen LogP contribution < -0.4 is 10.4 Å². The van der Waals surface area contributed by atoms with Crippen molar-refractivity contribution < 1.29 is 26.3 Å². The van der Waals surface area contributed by atoms with Gasteiger partial charge in [0.25, 0.3) is 10.0 Å². The predicted molar refractivity (Wildman–Crippen MR) is 127 cm³/mol. The Bertz CT molecular complexity index is 1270. The van der Waals surface area contributed by atoms with Crippen LogP contribution in [0.15, 0.2) is 38.2 Å². The highest BCUT2D eigenvalue weighted by atomic mass is 32.2. The van der Waals surface area contributed by atoms with Crippen LogP contribution in [-0.2, 0) is 14.8 Å². The molecule has 0 radical (unpaired) electrons. The van der Waals surface area contributed by atoms with Crippen LogP contribution in [0.4, 0.5) is 19.0 Å². The SMILES string of the molecule is Cc1ccc(S(=O)(=O)Nc2nc(=O)n3c(C)c(C)sc(SCCCCOCC(F)(F)F)c2-3)cc1. The number of nitrogens with zero attached hydrogens (tertiary/aromatic N) is 2. The molecule has 0 saturated carbocycles. The van der Waals surface area contributed by atoms with Gasteiger partial charge < -0.3 is 4.74 Å². The fourth-order valence-electron chi connectivity index (χ4n) is 3.05. The molecule has 34 heavy (non-hydrogen) atoms. The molecule has 0 aromatic heterocycles. The first-order valence-electron chi connectivity index (χ1n) is 10.3. The third kappa shape index (κ3) is 6.52. The number of sulfonamides is 1. The molecule has 1 aromatic carbocycles. The molecular weight excluding hydrogens is 511 g/mol. The van der Waals surface area contributed by atoms with E-state index in [1.807, 2.05) is 13.8 Å². The van der Waals surface area contributed by atoms with Crippen LogP contribution in [0.1, 0.15) is 29.0 Å². The average Bonchev–Trinajstić information content (AvgIpc) is 3.05. The molecule has 2 aliphatic rings. The van der Waals surface area contributed by atoms with Gasteiger partial charge in [-0.2, -0.15) is 18.2 Å². The summed E-state index contributed by atoms with van der Waals surface area (Å²) in [6.07, 6.45) is -3.33. The zero-order valence-corrected chi connectivity index (χ0v) is 21.2. The van der Waals surface area contributed by atoms with Crippen molar-refractivity contribution in [3.8, 4) is 5.69 Å². The van der Waals surface area contributed by atoms with E-state index in [-0.39, 0.29) is 17.3 Å². The number of aromatic nitrogens is 2. The lowest BCUT2D eigenvalue weighted by Gasteiger charge is -2.16. The van der Waals surface area contributed by atoms with E-state index in [1.165, 1.54) is 39.8 Å². The maximum atomic E-state index is 12.9. The Morgan fingerprint density at radius 1 is 1.15 bits per heavy atom. The Labute approximate surface area is 203 Å². The molecule has 0 fully saturated rings. The maximum Gasteiger partial charge on any atom is 0.411 e. The normalized spacial score (nSPS) is 12.4. The van der Waals surface area contributed by atoms with Gasteiger partial charge >= 0.3 is 11.9 Å². The molecule has 0 bridgehead atoms. The van der Waals surface area contributed by atoms with E-state index in [1.54, 1.807) is 19.1 Å². The molecular formula is C21H24F3N3O4S3. The highest BCUT2D eigenvalue weighted by molar-refractivity contribution is 8.01. The molecule has 186 valence electrons. The summed E-state index contributed by atoms with van der Waals surface area (Å²) in [4.78, 5) is 17.5. The van der Waals surface area contributed by atoms with Gasteiger partial charge in [-0.05, 0) is 51.5 Å². The van der Waals surface area contributed by atoms with Crippen molar-refractivity contribution in [3.63, 3.8) is 0 Å². The molecule has 2 aliphatic heterocycles. The standard InChI is InChI=1S/C21H24F3N3O4S3/c1-13-6-8-16(9-7-13)34(29,30)26-18-17-19(32-11-5-4-10-31-12-21(22,23)24)33-15(3)14(2)27(17)20(28)25-18/h6-9H,4-5,10-12H2,1-3H3,(H,25,26,28). The predicted octanol–water partition coefficient (Wildman–Crippen LogP) is 4.91. The number of anilines is 1. The molecule has 0 saturated heterocycles. The largest absolute Gasteiger partial charge is 0.411 e. The van der Waals surface area contributed by atoms with Crippen LogP contribution in [0, 0.1) is 20.8 Å². The van der Waals surface area contributed by atoms with Crippen molar-refractivity contribution in [3.05, 3.63) is 50.9 Å². The van der Waals surface area contributed by atoms with Gasteiger partial charge in [0.2, 0.25) is 0 Å². The second kappa shape index (κ2) is 10.7. The Balaban J connectivity index is 1.80. The molecule has 0 spiro atoms. The lowest BCUT2D eigenvalue weighted by atomic mass is 10.2. The Kier molecular flexibility index (Phi) is 8.32. The fraction of sp³-hybridized carbons (Fsp3) is 0.429. The molecule has 2 heterocycles. The number of imidazole rings is 1. The van der Waals surface area contributed by atoms with Gasteiger partial charge in [0.1, 0.15) is 12.3 Å².